The van der Waals surface area contributed by atoms with Crippen molar-refractivity contribution in [3.05, 3.63) is 66.0 Å². The van der Waals surface area contributed by atoms with Gasteiger partial charge in [-0.3, -0.25) is 14.5 Å². The van der Waals surface area contributed by atoms with Crippen molar-refractivity contribution in [2.45, 2.75) is 44.9 Å². The molecule has 1 saturated heterocycles. The predicted octanol–water partition coefficient (Wildman–Crippen LogP) is 4.33. The fourth-order valence-corrected chi connectivity index (χ4v) is 4.11. The second-order valence-electron chi connectivity index (χ2n) is 8.97. The zero-order valence-corrected chi connectivity index (χ0v) is 19.4. The molecule has 2 aromatic rings. The van der Waals surface area contributed by atoms with Gasteiger partial charge < -0.3 is 14.4 Å². The van der Waals surface area contributed by atoms with Gasteiger partial charge in [0.2, 0.25) is 5.91 Å². The number of amides is 2. The van der Waals surface area contributed by atoms with E-state index in [-0.39, 0.29) is 12.0 Å². The number of likely N-dealkylation sites (tertiary alicyclic amines) is 1. The predicted molar refractivity (Wildman–Crippen MR) is 121 cm³/mol. The average Bonchev–Trinajstić information content (AvgIpc) is 3.18. The molecule has 7 nitrogen and oxygen atoms in total. The molecule has 1 heterocycles. The van der Waals surface area contributed by atoms with Crippen molar-refractivity contribution in [2.75, 3.05) is 19.1 Å². The molecule has 3 unspecified atom stereocenters. The van der Waals surface area contributed by atoms with Gasteiger partial charge in [0.15, 0.2) is 0 Å². The Labute approximate surface area is 193 Å². The SMILES string of the molecule is COC(=O)C1CC(C(=O)N(C)c2ccccc2)N(C(=O)OC(C)(C)C)C1c1ccccc1F. The number of halogens is 1. The Bertz CT molecular complexity index is 1020. The third-order valence-electron chi connectivity index (χ3n) is 5.59. The maximum Gasteiger partial charge on any atom is 0.411 e. The van der Waals surface area contributed by atoms with Crippen molar-refractivity contribution in [1.29, 1.82) is 0 Å². The van der Waals surface area contributed by atoms with E-state index in [9.17, 15) is 18.8 Å². The molecule has 0 N–H and O–H groups in total. The van der Waals surface area contributed by atoms with E-state index in [0.717, 1.165) is 0 Å². The van der Waals surface area contributed by atoms with Crippen LogP contribution >= 0.6 is 0 Å². The molecule has 0 radical (unpaired) electrons. The van der Waals surface area contributed by atoms with Crippen LogP contribution in [0, 0.1) is 11.7 Å². The molecule has 1 fully saturated rings. The molecule has 3 atom stereocenters. The Morgan fingerprint density at radius 3 is 2.21 bits per heavy atom. The van der Waals surface area contributed by atoms with Crippen LogP contribution in [0.3, 0.4) is 0 Å². The zero-order chi connectivity index (χ0) is 24.3. The monoisotopic (exact) mass is 456 g/mol. The van der Waals surface area contributed by atoms with Crippen LogP contribution in [-0.4, -0.2) is 48.7 Å². The minimum Gasteiger partial charge on any atom is -0.469 e. The Hall–Kier alpha value is -3.42. The molecule has 0 aliphatic carbocycles. The van der Waals surface area contributed by atoms with Crippen LogP contribution in [0.1, 0.15) is 38.8 Å². The third-order valence-corrected chi connectivity index (χ3v) is 5.59. The highest BCUT2D eigenvalue weighted by molar-refractivity contribution is 5.99. The van der Waals surface area contributed by atoms with Crippen molar-refractivity contribution in [1.82, 2.24) is 4.90 Å². The number of rotatable bonds is 4. The number of likely N-dealkylation sites (N-methyl/N-ethyl adjacent to an activating group) is 1. The Morgan fingerprint density at radius 1 is 1.03 bits per heavy atom. The van der Waals surface area contributed by atoms with Gasteiger partial charge in [0.25, 0.3) is 0 Å². The standard InChI is InChI=1S/C25H29FN2O5/c1-25(2,3)33-24(31)28-20(22(29)27(4)16-11-7-6-8-12-16)15-18(23(30)32-5)21(28)17-13-9-10-14-19(17)26/h6-14,18,20-21H,15H2,1-5H3. The molecule has 33 heavy (non-hydrogen) atoms. The topological polar surface area (TPSA) is 76.2 Å². The highest BCUT2D eigenvalue weighted by atomic mass is 19.1. The molecule has 1 aliphatic rings. The normalized spacial score (nSPS) is 20.3. The summed E-state index contributed by atoms with van der Waals surface area (Å²) in [4.78, 5) is 42.2. The van der Waals surface area contributed by atoms with Crippen LogP contribution in [0.25, 0.3) is 0 Å². The molecule has 2 aromatic carbocycles. The van der Waals surface area contributed by atoms with Gasteiger partial charge in [-0.2, -0.15) is 0 Å². The van der Waals surface area contributed by atoms with E-state index in [4.69, 9.17) is 9.47 Å². The number of hydrogen-bond donors (Lipinski definition) is 0. The number of carbonyl (C=O) groups excluding carboxylic acids is 3. The first-order valence-corrected chi connectivity index (χ1v) is 10.7. The van der Waals surface area contributed by atoms with Crippen molar-refractivity contribution in [3.63, 3.8) is 0 Å². The summed E-state index contributed by atoms with van der Waals surface area (Å²) in [6.07, 6.45) is -0.831. The van der Waals surface area contributed by atoms with Gasteiger partial charge in [-0.15, -0.1) is 0 Å². The van der Waals surface area contributed by atoms with Crippen molar-refractivity contribution in [3.8, 4) is 0 Å². The maximum absolute atomic E-state index is 14.9. The van der Waals surface area contributed by atoms with E-state index in [1.165, 1.54) is 35.1 Å². The third kappa shape index (κ3) is 5.16. The average molecular weight is 457 g/mol. The first-order chi connectivity index (χ1) is 15.5. The second-order valence-corrected chi connectivity index (χ2v) is 8.97. The lowest BCUT2D eigenvalue weighted by atomic mass is 9.92. The van der Waals surface area contributed by atoms with Gasteiger partial charge in [-0.1, -0.05) is 36.4 Å². The van der Waals surface area contributed by atoms with E-state index in [2.05, 4.69) is 0 Å². The van der Waals surface area contributed by atoms with Crippen LogP contribution in [0.15, 0.2) is 54.6 Å². The van der Waals surface area contributed by atoms with Crippen LogP contribution < -0.4 is 4.90 Å². The smallest absolute Gasteiger partial charge is 0.411 e. The van der Waals surface area contributed by atoms with Gasteiger partial charge in [0.1, 0.15) is 17.5 Å². The van der Waals surface area contributed by atoms with E-state index >= 15 is 0 Å². The zero-order valence-electron chi connectivity index (χ0n) is 19.4. The summed E-state index contributed by atoms with van der Waals surface area (Å²) in [5, 5.41) is 0. The maximum atomic E-state index is 14.9. The van der Waals surface area contributed by atoms with E-state index in [0.29, 0.717) is 5.69 Å². The summed E-state index contributed by atoms with van der Waals surface area (Å²) in [6, 6.07) is 12.7. The number of ether oxygens (including phenoxy) is 2. The summed E-state index contributed by atoms with van der Waals surface area (Å²) in [6.45, 7) is 5.09. The molecular weight excluding hydrogens is 427 g/mol. The second kappa shape index (κ2) is 9.60. The minimum atomic E-state index is -1.06. The van der Waals surface area contributed by atoms with Gasteiger partial charge in [-0.25, -0.2) is 9.18 Å². The number of para-hydroxylation sites is 1. The van der Waals surface area contributed by atoms with E-state index in [1.54, 1.807) is 58.2 Å². The fraction of sp³-hybridized carbons (Fsp3) is 0.400. The number of esters is 1. The Kier molecular flexibility index (Phi) is 7.05. The largest absolute Gasteiger partial charge is 0.469 e. The van der Waals surface area contributed by atoms with Crippen LogP contribution in [0.5, 0.6) is 0 Å². The molecule has 0 aromatic heterocycles. The molecular formula is C25H29FN2O5. The van der Waals surface area contributed by atoms with Gasteiger partial charge >= 0.3 is 12.1 Å². The minimum absolute atomic E-state index is 0.0269. The lowest BCUT2D eigenvalue weighted by Gasteiger charge is -2.34. The van der Waals surface area contributed by atoms with Crippen LogP contribution in [0.2, 0.25) is 0 Å². The van der Waals surface area contributed by atoms with Crippen molar-refractivity contribution in [2.24, 2.45) is 5.92 Å². The summed E-state index contributed by atoms with van der Waals surface area (Å²) in [5.74, 6) is -2.58. The lowest BCUT2D eigenvalue weighted by Crippen LogP contribution is -2.49. The Morgan fingerprint density at radius 2 is 1.64 bits per heavy atom. The lowest BCUT2D eigenvalue weighted by molar-refractivity contribution is -0.146. The van der Waals surface area contributed by atoms with Gasteiger partial charge in [0.05, 0.1) is 19.1 Å². The van der Waals surface area contributed by atoms with Crippen molar-refractivity contribution < 1.29 is 28.2 Å². The molecule has 8 heteroatoms. The molecule has 176 valence electrons. The van der Waals surface area contributed by atoms with Crippen LogP contribution in [-0.2, 0) is 19.1 Å². The van der Waals surface area contributed by atoms with Gasteiger partial charge in [-0.05, 0) is 45.4 Å². The molecule has 2 amide bonds. The Balaban J connectivity index is 2.10. The van der Waals surface area contributed by atoms with Crippen molar-refractivity contribution >= 4 is 23.7 Å². The number of nitrogens with zero attached hydrogens (tertiary/aromatic N) is 2. The summed E-state index contributed by atoms with van der Waals surface area (Å²) < 4.78 is 25.4. The number of anilines is 1. The molecule has 0 spiro atoms. The summed E-state index contributed by atoms with van der Waals surface area (Å²) in [7, 11) is 2.82. The molecule has 0 saturated carbocycles. The number of methoxy groups -OCH3 is 1. The quantitative estimate of drug-likeness (QED) is 0.640. The van der Waals surface area contributed by atoms with Crippen LogP contribution in [0.4, 0.5) is 14.9 Å². The first-order valence-electron chi connectivity index (χ1n) is 10.7. The molecule has 1 aliphatic heterocycles. The van der Waals surface area contributed by atoms with E-state index in [1.807, 2.05) is 6.07 Å². The molecule has 3 rings (SSSR count). The number of benzene rings is 2. The highest BCUT2D eigenvalue weighted by Crippen LogP contribution is 2.44. The molecule has 0 bridgehead atoms. The first kappa shape index (κ1) is 24.2. The number of carbonyl (C=O) groups is 3. The summed E-state index contributed by atoms with van der Waals surface area (Å²) in [5.41, 5.74) is -0.119. The summed E-state index contributed by atoms with van der Waals surface area (Å²) >= 11 is 0. The van der Waals surface area contributed by atoms with Gasteiger partial charge in [0, 0.05) is 18.3 Å². The van der Waals surface area contributed by atoms with E-state index < -0.39 is 47.4 Å². The number of hydrogen-bond acceptors (Lipinski definition) is 5. The fourth-order valence-electron chi connectivity index (χ4n) is 4.11. The highest BCUT2D eigenvalue weighted by Gasteiger charge is 2.53.